The number of benzene rings is 1. The van der Waals surface area contributed by atoms with Crippen molar-refractivity contribution >= 4 is 11.7 Å². The summed E-state index contributed by atoms with van der Waals surface area (Å²) in [5, 5.41) is 20.4. The predicted octanol–water partition coefficient (Wildman–Crippen LogP) is 5.07. The lowest BCUT2D eigenvalue weighted by atomic mass is 10.0. The van der Waals surface area contributed by atoms with Crippen molar-refractivity contribution in [1.82, 2.24) is 20.1 Å². The molecule has 1 aliphatic rings. The van der Waals surface area contributed by atoms with Crippen LogP contribution in [0.15, 0.2) is 42.6 Å². The van der Waals surface area contributed by atoms with Gasteiger partial charge in [-0.3, -0.25) is 9.48 Å². The number of rotatable bonds is 10. The molecule has 1 amide bonds. The number of aromatic nitrogens is 3. The molecule has 0 saturated carbocycles. The van der Waals surface area contributed by atoms with Gasteiger partial charge in [0.15, 0.2) is 0 Å². The standard InChI is InChI=1S/C29H36F3N5O3/c1-28(2,3)40-18-25-23(17-37(36-25)15-12-22-11-8-20-5-4-14-33-26(20)34-22)27(39)35-24(13-16-38)19-6-9-21(10-7-19)29(30,31)32/h6-11,17,24,38H,4-5,12-16,18H2,1-3H3,(H,33,34)(H,35,39). The minimum atomic E-state index is -4.46. The highest BCUT2D eigenvalue weighted by atomic mass is 19.4. The van der Waals surface area contributed by atoms with Crippen molar-refractivity contribution in [3.05, 3.63) is 76.2 Å². The van der Waals surface area contributed by atoms with Gasteiger partial charge in [-0.15, -0.1) is 0 Å². The molecule has 0 spiro atoms. The molecular weight excluding hydrogens is 523 g/mol. The molecule has 3 heterocycles. The molecule has 0 bridgehead atoms. The number of nitrogens with zero attached hydrogens (tertiary/aromatic N) is 3. The highest BCUT2D eigenvalue weighted by Crippen LogP contribution is 2.30. The average molecular weight is 560 g/mol. The Hall–Kier alpha value is -3.44. The largest absolute Gasteiger partial charge is 0.416 e. The van der Waals surface area contributed by atoms with Crippen LogP contribution < -0.4 is 10.6 Å². The molecule has 1 atom stereocenters. The lowest BCUT2D eigenvalue weighted by molar-refractivity contribution is -0.137. The summed E-state index contributed by atoms with van der Waals surface area (Å²) in [5.74, 6) is 0.468. The lowest BCUT2D eigenvalue weighted by Crippen LogP contribution is -2.30. The number of carbonyl (C=O) groups is 1. The predicted molar refractivity (Wildman–Crippen MR) is 145 cm³/mol. The lowest BCUT2D eigenvalue weighted by Gasteiger charge is -2.20. The van der Waals surface area contributed by atoms with Crippen molar-refractivity contribution in [1.29, 1.82) is 0 Å². The molecule has 40 heavy (non-hydrogen) atoms. The zero-order chi connectivity index (χ0) is 28.9. The van der Waals surface area contributed by atoms with Crippen LogP contribution in [0.4, 0.5) is 19.0 Å². The van der Waals surface area contributed by atoms with Gasteiger partial charge in [-0.25, -0.2) is 4.98 Å². The van der Waals surface area contributed by atoms with Crippen LogP contribution >= 0.6 is 0 Å². The summed E-state index contributed by atoms with van der Waals surface area (Å²) in [7, 11) is 0. The van der Waals surface area contributed by atoms with Crippen molar-refractivity contribution in [2.45, 2.75) is 77.4 Å². The van der Waals surface area contributed by atoms with E-state index in [0.29, 0.717) is 29.8 Å². The molecule has 216 valence electrons. The Labute approximate surface area is 232 Å². The monoisotopic (exact) mass is 559 g/mol. The Bertz CT molecular complexity index is 1300. The van der Waals surface area contributed by atoms with Gasteiger partial charge in [-0.05, 0) is 69.4 Å². The number of anilines is 1. The fraction of sp³-hybridized carbons (Fsp3) is 0.483. The van der Waals surface area contributed by atoms with Crippen LogP contribution in [-0.4, -0.2) is 44.5 Å². The number of halogens is 3. The molecule has 0 aliphatic carbocycles. The van der Waals surface area contributed by atoms with Gasteiger partial charge in [0.2, 0.25) is 0 Å². The third kappa shape index (κ3) is 7.82. The number of ether oxygens (including phenoxy) is 1. The molecule has 0 radical (unpaired) electrons. The van der Waals surface area contributed by atoms with E-state index in [-0.39, 0.29) is 19.6 Å². The Morgan fingerprint density at radius 2 is 1.93 bits per heavy atom. The summed E-state index contributed by atoms with van der Waals surface area (Å²) in [5.41, 5.74) is 2.09. The first-order chi connectivity index (χ1) is 18.9. The van der Waals surface area contributed by atoms with Gasteiger partial charge in [0.1, 0.15) is 11.5 Å². The number of aryl methyl sites for hydroxylation is 3. The molecule has 8 nitrogen and oxygen atoms in total. The Balaban J connectivity index is 1.52. The second-order valence-electron chi connectivity index (χ2n) is 10.9. The smallest absolute Gasteiger partial charge is 0.396 e. The van der Waals surface area contributed by atoms with Crippen LogP contribution in [0, 0.1) is 0 Å². The van der Waals surface area contributed by atoms with E-state index in [9.17, 15) is 23.1 Å². The first-order valence-corrected chi connectivity index (χ1v) is 13.4. The molecule has 1 unspecified atom stereocenters. The summed E-state index contributed by atoms with van der Waals surface area (Å²) in [4.78, 5) is 18.1. The highest BCUT2D eigenvalue weighted by molar-refractivity contribution is 5.95. The quantitative estimate of drug-likeness (QED) is 0.321. The molecular formula is C29H36F3N5O3. The van der Waals surface area contributed by atoms with Crippen LogP contribution in [0.25, 0.3) is 0 Å². The number of aliphatic hydroxyl groups excluding tert-OH is 1. The number of fused-ring (bicyclic) bond motifs is 1. The maximum absolute atomic E-state index is 13.4. The zero-order valence-electron chi connectivity index (χ0n) is 23.0. The Morgan fingerprint density at radius 1 is 1.18 bits per heavy atom. The molecule has 1 aliphatic heterocycles. The van der Waals surface area contributed by atoms with E-state index < -0.39 is 29.3 Å². The normalized spacial score (nSPS) is 14.4. The molecule has 3 aromatic rings. The van der Waals surface area contributed by atoms with Crippen LogP contribution in [0.3, 0.4) is 0 Å². The second kappa shape index (κ2) is 12.4. The summed E-state index contributed by atoms with van der Waals surface area (Å²) in [6, 6.07) is 7.99. The van der Waals surface area contributed by atoms with Gasteiger partial charge in [-0.1, -0.05) is 18.2 Å². The Kier molecular flexibility index (Phi) is 9.15. The number of aliphatic hydroxyl groups is 1. The summed E-state index contributed by atoms with van der Waals surface area (Å²) in [6.45, 7) is 6.95. The number of carbonyl (C=O) groups excluding carboxylic acids is 1. The number of alkyl halides is 3. The van der Waals surface area contributed by atoms with Gasteiger partial charge in [0.25, 0.3) is 5.91 Å². The Morgan fingerprint density at radius 3 is 2.60 bits per heavy atom. The average Bonchev–Trinajstić information content (AvgIpc) is 3.33. The second-order valence-corrected chi connectivity index (χ2v) is 10.9. The van der Waals surface area contributed by atoms with Crippen LogP contribution in [0.2, 0.25) is 0 Å². The van der Waals surface area contributed by atoms with Gasteiger partial charge in [0.05, 0.1) is 29.4 Å². The summed E-state index contributed by atoms with van der Waals surface area (Å²) < 4.78 is 46.6. The first-order valence-electron chi connectivity index (χ1n) is 13.4. The van der Waals surface area contributed by atoms with Gasteiger partial charge in [-0.2, -0.15) is 18.3 Å². The number of nitrogens with one attached hydrogen (secondary N) is 2. The third-order valence-electron chi connectivity index (χ3n) is 6.64. The number of pyridine rings is 1. The van der Waals surface area contributed by atoms with E-state index in [1.54, 1.807) is 10.9 Å². The van der Waals surface area contributed by atoms with E-state index in [1.165, 1.54) is 17.7 Å². The van der Waals surface area contributed by atoms with Crippen molar-refractivity contribution in [2.75, 3.05) is 18.5 Å². The van der Waals surface area contributed by atoms with Crippen molar-refractivity contribution in [3.63, 3.8) is 0 Å². The van der Waals surface area contributed by atoms with E-state index in [0.717, 1.165) is 43.0 Å². The third-order valence-corrected chi connectivity index (χ3v) is 6.64. The maximum Gasteiger partial charge on any atom is 0.416 e. The molecule has 1 aromatic carbocycles. The fourth-order valence-corrected chi connectivity index (χ4v) is 4.49. The maximum atomic E-state index is 13.4. The zero-order valence-corrected chi connectivity index (χ0v) is 23.0. The van der Waals surface area contributed by atoms with Crippen molar-refractivity contribution in [3.8, 4) is 0 Å². The van der Waals surface area contributed by atoms with Crippen LogP contribution in [0.5, 0.6) is 0 Å². The van der Waals surface area contributed by atoms with E-state index in [4.69, 9.17) is 9.72 Å². The van der Waals surface area contributed by atoms with Gasteiger partial charge < -0.3 is 20.5 Å². The number of hydrogen-bond donors (Lipinski definition) is 3. The van der Waals surface area contributed by atoms with Gasteiger partial charge in [0, 0.05) is 38.0 Å². The minimum absolute atomic E-state index is 0.102. The SMILES string of the molecule is CC(C)(C)OCc1nn(CCc2ccc3c(n2)NCCC3)cc1C(=O)NC(CCO)c1ccc(C(F)(F)F)cc1. The van der Waals surface area contributed by atoms with Gasteiger partial charge >= 0.3 is 6.18 Å². The van der Waals surface area contributed by atoms with Crippen LogP contribution in [-0.2, 0) is 36.9 Å². The molecule has 3 N–H and O–H groups in total. The summed E-state index contributed by atoms with van der Waals surface area (Å²) >= 11 is 0. The van der Waals surface area contributed by atoms with E-state index in [1.807, 2.05) is 26.8 Å². The number of amides is 1. The molecule has 11 heteroatoms. The minimum Gasteiger partial charge on any atom is -0.396 e. The number of hydrogen-bond acceptors (Lipinski definition) is 6. The molecule has 0 saturated heterocycles. The van der Waals surface area contributed by atoms with E-state index in [2.05, 4.69) is 21.8 Å². The fourth-order valence-electron chi connectivity index (χ4n) is 4.49. The van der Waals surface area contributed by atoms with Crippen LogP contribution in [0.1, 0.15) is 78.1 Å². The molecule has 0 fully saturated rings. The van der Waals surface area contributed by atoms with Crippen molar-refractivity contribution < 1.29 is 27.8 Å². The molecule has 2 aromatic heterocycles. The topological polar surface area (TPSA) is 101 Å². The molecule has 4 rings (SSSR count). The highest BCUT2D eigenvalue weighted by Gasteiger charge is 2.30. The first kappa shape index (κ1) is 29.5. The summed E-state index contributed by atoms with van der Waals surface area (Å²) in [6.07, 6.45) is 0.0246. The van der Waals surface area contributed by atoms with E-state index >= 15 is 0 Å². The van der Waals surface area contributed by atoms with Crippen molar-refractivity contribution in [2.24, 2.45) is 0 Å².